The van der Waals surface area contributed by atoms with Gasteiger partial charge in [0, 0.05) is 25.1 Å². The highest BCUT2D eigenvalue weighted by atomic mass is 32.1. The van der Waals surface area contributed by atoms with E-state index >= 15 is 0 Å². The first-order valence-electron chi connectivity index (χ1n) is 6.07. The molecule has 1 aromatic rings. The summed E-state index contributed by atoms with van der Waals surface area (Å²) in [6, 6.07) is 0.756. The van der Waals surface area contributed by atoms with E-state index in [1.807, 2.05) is 0 Å². The van der Waals surface area contributed by atoms with E-state index in [1.54, 1.807) is 18.4 Å². The standard InChI is InChI=1S/C12H18N2OS/c1-15-11(8-2-3-8)12-14-10(7-16-12)6-13-9-4-5-9/h7-9,11,13H,2-6H2,1H3. The first kappa shape index (κ1) is 10.7. The third-order valence-electron chi connectivity index (χ3n) is 3.27. The van der Waals surface area contributed by atoms with Gasteiger partial charge in [0.05, 0.1) is 5.69 Å². The van der Waals surface area contributed by atoms with Crippen molar-refractivity contribution < 1.29 is 4.74 Å². The molecule has 1 heterocycles. The smallest absolute Gasteiger partial charge is 0.122 e. The largest absolute Gasteiger partial charge is 0.374 e. The molecule has 88 valence electrons. The van der Waals surface area contributed by atoms with Crippen LogP contribution in [0.1, 0.15) is 42.5 Å². The number of thiazole rings is 1. The zero-order valence-electron chi connectivity index (χ0n) is 9.61. The van der Waals surface area contributed by atoms with Gasteiger partial charge in [-0.15, -0.1) is 11.3 Å². The minimum atomic E-state index is 0.250. The second-order valence-corrected chi connectivity index (χ2v) is 5.72. The number of aromatic nitrogens is 1. The van der Waals surface area contributed by atoms with Crippen LogP contribution in [0.4, 0.5) is 0 Å². The first-order valence-corrected chi connectivity index (χ1v) is 6.95. The van der Waals surface area contributed by atoms with Gasteiger partial charge in [-0.3, -0.25) is 0 Å². The zero-order valence-corrected chi connectivity index (χ0v) is 10.4. The van der Waals surface area contributed by atoms with Crippen molar-refractivity contribution in [1.82, 2.24) is 10.3 Å². The molecular weight excluding hydrogens is 220 g/mol. The summed E-state index contributed by atoms with van der Waals surface area (Å²) in [5, 5.41) is 6.82. The third kappa shape index (κ3) is 2.44. The molecule has 2 saturated carbocycles. The molecule has 1 unspecified atom stereocenters. The first-order chi connectivity index (χ1) is 7.86. The summed E-state index contributed by atoms with van der Waals surface area (Å²) in [6.07, 6.45) is 5.51. The molecule has 2 aliphatic rings. The molecule has 3 nitrogen and oxygen atoms in total. The molecular formula is C12H18N2OS. The molecule has 1 atom stereocenters. The van der Waals surface area contributed by atoms with Gasteiger partial charge in [0.25, 0.3) is 0 Å². The third-order valence-corrected chi connectivity index (χ3v) is 4.22. The van der Waals surface area contributed by atoms with E-state index in [-0.39, 0.29) is 6.10 Å². The molecule has 3 rings (SSSR count). The fourth-order valence-electron chi connectivity index (χ4n) is 1.96. The summed E-state index contributed by atoms with van der Waals surface area (Å²) in [7, 11) is 1.80. The van der Waals surface area contributed by atoms with Gasteiger partial charge in [-0.05, 0) is 31.6 Å². The van der Waals surface area contributed by atoms with Crippen LogP contribution in [0.2, 0.25) is 0 Å². The fourth-order valence-corrected chi connectivity index (χ4v) is 2.95. The SMILES string of the molecule is COC(c1nc(CNC2CC2)cs1)C1CC1. The number of nitrogens with zero attached hydrogens (tertiary/aromatic N) is 1. The van der Waals surface area contributed by atoms with Gasteiger partial charge >= 0.3 is 0 Å². The molecule has 0 radical (unpaired) electrons. The van der Waals surface area contributed by atoms with Crippen molar-refractivity contribution in [3.8, 4) is 0 Å². The van der Waals surface area contributed by atoms with Crippen LogP contribution in [0.5, 0.6) is 0 Å². The topological polar surface area (TPSA) is 34.1 Å². The van der Waals surface area contributed by atoms with Gasteiger partial charge in [-0.2, -0.15) is 0 Å². The Morgan fingerprint density at radius 1 is 1.50 bits per heavy atom. The van der Waals surface area contributed by atoms with Crippen molar-refractivity contribution in [2.45, 2.75) is 44.4 Å². The molecule has 0 spiro atoms. The summed E-state index contributed by atoms with van der Waals surface area (Å²) in [6.45, 7) is 0.919. The normalized spacial score (nSPS) is 22.3. The van der Waals surface area contributed by atoms with Crippen LogP contribution in [0.3, 0.4) is 0 Å². The Kier molecular flexibility index (Phi) is 2.96. The molecule has 2 aliphatic carbocycles. The van der Waals surface area contributed by atoms with Gasteiger partial charge in [-0.1, -0.05) is 0 Å². The Labute approximate surface area is 100 Å². The van der Waals surface area contributed by atoms with Crippen molar-refractivity contribution in [3.63, 3.8) is 0 Å². The van der Waals surface area contributed by atoms with Crippen molar-refractivity contribution in [2.75, 3.05) is 7.11 Å². The summed E-state index contributed by atoms with van der Waals surface area (Å²) in [5.41, 5.74) is 1.18. The quantitative estimate of drug-likeness (QED) is 0.827. The minimum absolute atomic E-state index is 0.250. The summed E-state index contributed by atoms with van der Waals surface area (Å²) in [4.78, 5) is 4.67. The fraction of sp³-hybridized carbons (Fsp3) is 0.750. The van der Waals surface area contributed by atoms with Crippen LogP contribution < -0.4 is 5.32 Å². The van der Waals surface area contributed by atoms with Gasteiger partial charge in [0.15, 0.2) is 0 Å². The highest BCUT2D eigenvalue weighted by Gasteiger charge is 2.34. The lowest BCUT2D eigenvalue weighted by Gasteiger charge is -2.10. The van der Waals surface area contributed by atoms with Crippen molar-refractivity contribution in [3.05, 3.63) is 16.1 Å². The lowest BCUT2D eigenvalue weighted by atomic mass is 10.2. The highest BCUT2D eigenvalue weighted by molar-refractivity contribution is 7.09. The van der Waals surface area contributed by atoms with E-state index in [0.717, 1.165) is 23.5 Å². The Hall–Kier alpha value is -0.450. The number of methoxy groups -OCH3 is 1. The molecule has 0 aromatic carbocycles. The highest BCUT2D eigenvalue weighted by Crippen LogP contribution is 2.43. The molecule has 0 saturated heterocycles. The van der Waals surface area contributed by atoms with Crippen LogP contribution in [0, 0.1) is 5.92 Å². The summed E-state index contributed by atoms with van der Waals surface area (Å²) >= 11 is 1.75. The molecule has 16 heavy (non-hydrogen) atoms. The predicted molar refractivity (Wildman–Crippen MR) is 64.4 cm³/mol. The van der Waals surface area contributed by atoms with Crippen molar-refractivity contribution in [1.29, 1.82) is 0 Å². The van der Waals surface area contributed by atoms with Crippen molar-refractivity contribution in [2.24, 2.45) is 5.92 Å². The zero-order chi connectivity index (χ0) is 11.0. The minimum Gasteiger partial charge on any atom is -0.374 e. The Morgan fingerprint density at radius 3 is 2.94 bits per heavy atom. The molecule has 2 fully saturated rings. The van der Waals surface area contributed by atoms with Gasteiger partial charge < -0.3 is 10.1 Å². The second kappa shape index (κ2) is 4.43. The van der Waals surface area contributed by atoms with Crippen LogP contribution in [-0.4, -0.2) is 18.1 Å². The van der Waals surface area contributed by atoms with E-state index in [1.165, 1.54) is 31.4 Å². The number of nitrogens with one attached hydrogen (secondary N) is 1. The summed E-state index contributed by atoms with van der Waals surface area (Å²) in [5.74, 6) is 0.723. The maximum Gasteiger partial charge on any atom is 0.122 e. The monoisotopic (exact) mass is 238 g/mol. The molecule has 1 aromatic heterocycles. The number of hydrogen-bond acceptors (Lipinski definition) is 4. The van der Waals surface area contributed by atoms with Gasteiger partial charge in [0.2, 0.25) is 0 Å². The molecule has 4 heteroatoms. The van der Waals surface area contributed by atoms with E-state index in [2.05, 4.69) is 15.7 Å². The maximum absolute atomic E-state index is 5.54. The molecule has 0 amide bonds. The molecule has 0 aliphatic heterocycles. The van der Waals surface area contributed by atoms with E-state index in [9.17, 15) is 0 Å². The van der Waals surface area contributed by atoms with Crippen molar-refractivity contribution >= 4 is 11.3 Å². The van der Waals surface area contributed by atoms with Crippen LogP contribution >= 0.6 is 11.3 Å². The van der Waals surface area contributed by atoms with E-state index < -0.39 is 0 Å². The average Bonchev–Trinajstić information content (AvgIpc) is 3.18. The predicted octanol–water partition coefficient (Wildman–Crippen LogP) is 2.49. The number of hydrogen-bond donors (Lipinski definition) is 1. The summed E-state index contributed by atoms with van der Waals surface area (Å²) < 4.78 is 5.54. The van der Waals surface area contributed by atoms with Gasteiger partial charge in [0.1, 0.15) is 11.1 Å². The van der Waals surface area contributed by atoms with Crippen LogP contribution in [-0.2, 0) is 11.3 Å². The lowest BCUT2D eigenvalue weighted by molar-refractivity contribution is 0.0842. The van der Waals surface area contributed by atoms with E-state index in [0.29, 0.717) is 0 Å². The maximum atomic E-state index is 5.54. The molecule has 1 N–H and O–H groups in total. The second-order valence-electron chi connectivity index (χ2n) is 4.83. The Morgan fingerprint density at radius 2 is 2.31 bits per heavy atom. The lowest BCUT2D eigenvalue weighted by Crippen LogP contribution is -2.15. The number of ether oxygens (including phenoxy) is 1. The van der Waals surface area contributed by atoms with Gasteiger partial charge in [-0.25, -0.2) is 4.98 Å². The number of rotatable bonds is 6. The Balaban J connectivity index is 1.60. The Bertz CT molecular complexity index is 358. The van der Waals surface area contributed by atoms with Crippen LogP contribution in [0.25, 0.3) is 0 Å². The molecule has 0 bridgehead atoms. The van der Waals surface area contributed by atoms with Crippen LogP contribution in [0.15, 0.2) is 5.38 Å². The van der Waals surface area contributed by atoms with E-state index in [4.69, 9.17) is 4.74 Å². The average molecular weight is 238 g/mol.